The minimum atomic E-state index is -0.795. The summed E-state index contributed by atoms with van der Waals surface area (Å²) in [6, 6.07) is 12.4. The average Bonchev–Trinajstić information content (AvgIpc) is 2.95. The zero-order valence-corrected chi connectivity index (χ0v) is 22.9. The normalized spacial score (nSPS) is 21.1. The second kappa shape index (κ2) is 12.0. The number of ether oxygens (including phenoxy) is 2. The first-order valence-electron chi connectivity index (χ1n) is 13.8. The lowest BCUT2D eigenvalue weighted by Gasteiger charge is -2.44. The molecule has 1 unspecified atom stereocenters. The van der Waals surface area contributed by atoms with Gasteiger partial charge in [-0.3, -0.25) is 24.5 Å². The third-order valence-corrected chi connectivity index (χ3v) is 7.97. The third kappa shape index (κ3) is 6.16. The van der Waals surface area contributed by atoms with Gasteiger partial charge in [-0.05, 0) is 36.6 Å². The number of Topliss-reactive ketones (excluding diaryl/α,β-unsaturated/α-hetero) is 1. The SMILES string of the molecule is COC(=O)Cc1ccc2c(c1)NC(=O)CC/C=C/CC(C(=O)N1CCC3(CC1)OC(=O)Nc1ccccc13)CC2=O. The lowest BCUT2D eigenvalue weighted by atomic mass is 9.81. The summed E-state index contributed by atoms with van der Waals surface area (Å²) in [6.07, 6.45) is 5.17. The van der Waals surface area contributed by atoms with Crippen molar-refractivity contribution in [1.29, 1.82) is 0 Å². The molecular formula is C31H33N3O7. The Hall–Kier alpha value is -4.47. The van der Waals surface area contributed by atoms with E-state index in [-0.39, 0.29) is 36.9 Å². The van der Waals surface area contributed by atoms with Gasteiger partial charge in [-0.1, -0.05) is 36.4 Å². The molecule has 3 heterocycles. The Morgan fingerprint density at radius 1 is 1.02 bits per heavy atom. The summed E-state index contributed by atoms with van der Waals surface area (Å²) < 4.78 is 10.5. The Balaban J connectivity index is 1.34. The number of amides is 3. The number of allylic oxidation sites excluding steroid dienone is 2. The molecule has 2 aromatic rings. The van der Waals surface area contributed by atoms with E-state index in [2.05, 4.69) is 10.6 Å². The quantitative estimate of drug-likeness (QED) is 0.422. The van der Waals surface area contributed by atoms with Crippen LogP contribution < -0.4 is 10.6 Å². The first-order chi connectivity index (χ1) is 19.8. The number of carbonyl (C=O) groups excluding carboxylic acids is 5. The molecule has 10 nitrogen and oxygen atoms in total. The number of nitrogens with one attached hydrogen (secondary N) is 2. The molecule has 0 saturated carbocycles. The molecule has 1 atom stereocenters. The highest BCUT2D eigenvalue weighted by Crippen LogP contribution is 2.43. The fourth-order valence-corrected chi connectivity index (χ4v) is 5.77. The monoisotopic (exact) mass is 559 g/mol. The van der Waals surface area contributed by atoms with E-state index in [4.69, 9.17) is 9.47 Å². The molecule has 1 spiro atoms. The Morgan fingerprint density at radius 3 is 2.59 bits per heavy atom. The number of hydrogen-bond acceptors (Lipinski definition) is 7. The Morgan fingerprint density at radius 2 is 1.80 bits per heavy atom. The molecule has 3 aliphatic heterocycles. The van der Waals surface area contributed by atoms with Crippen LogP contribution in [0.25, 0.3) is 0 Å². The summed E-state index contributed by atoms with van der Waals surface area (Å²) in [5, 5.41) is 5.55. The minimum absolute atomic E-state index is 0.00396. The highest BCUT2D eigenvalue weighted by atomic mass is 16.6. The summed E-state index contributed by atoms with van der Waals surface area (Å²) >= 11 is 0. The molecule has 1 fully saturated rings. The van der Waals surface area contributed by atoms with Crippen LogP contribution in [0.2, 0.25) is 0 Å². The van der Waals surface area contributed by atoms with Crippen molar-refractivity contribution in [3.05, 3.63) is 71.3 Å². The average molecular weight is 560 g/mol. The maximum atomic E-state index is 13.8. The van der Waals surface area contributed by atoms with E-state index in [1.807, 2.05) is 36.4 Å². The number of methoxy groups -OCH3 is 1. The van der Waals surface area contributed by atoms with Crippen LogP contribution in [0.4, 0.5) is 16.2 Å². The maximum absolute atomic E-state index is 13.8. The number of benzene rings is 2. The number of fused-ring (bicyclic) bond motifs is 3. The number of anilines is 2. The molecule has 1 saturated heterocycles. The van der Waals surface area contributed by atoms with Gasteiger partial charge in [0.25, 0.3) is 0 Å². The number of piperidine rings is 1. The van der Waals surface area contributed by atoms with Crippen molar-refractivity contribution in [2.45, 2.75) is 50.5 Å². The molecule has 2 N–H and O–H groups in total. The van der Waals surface area contributed by atoms with Crippen molar-refractivity contribution < 1.29 is 33.4 Å². The number of esters is 1. The predicted molar refractivity (Wildman–Crippen MR) is 150 cm³/mol. The fraction of sp³-hybridized carbons (Fsp3) is 0.387. The summed E-state index contributed by atoms with van der Waals surface area (Å²) in [4.78, 5) is 65.6. The molecule has 214 valence electrons. The van der Waals surface area contributed by atoms with Gasteiger partial charge in [-0.15, -0.1) is 0 Å². The van der Waals surface area contributed by atoms with Crippen molar-refractivity contribution in [2.75, 3.05) is 30.8 Å². The van der Waals surface area contributed by atoms with Gasteiger partial charge in [-0.2, -0.15) is 0 Å². The maximum Gasteiger partial charge on any atom is 0.412 e. The molecule has 0 aliphatic carbocycles. The number of likely N-dealkylation sites (tertiary alicyclic amines) is 1. The summed E-state index contributed by atoms with van der Waals surface area (Å²) in [5.74, 6) is -1.66. The number of nitrogens with zero attached hydrogens (tertiary/aromatic N) is 1. The van der Waals surface area contributed by atoms with Crippen LogP contribution in [0.3, 0.4) is 0 Å². The van der Waals surface area contributed by atoms with Crippen molar-refractivity contribution in [1.82, 2.24) is 4.90 Å². The van der Waals surface area contributed by atoms with Crippen LogP contribution in [-0.2, 0) is 35.9 Å². The van der Waals surface area contributed by atoms with Gasteiger partial charge in [0.2, 0.25) is 11.8 Å². The van der Waals surface area contributed by atoms with Crippen LogP contribution in [0.5, 0.6) is 0 Å². The standard InChI is InChI=1S/C31H33N3O7/c1-40-28(37)18-20-11-12-22-25(17-20)32-27(36)10-4-2-3-7-21(19-26(22)35)29(38)34-15-13-31(14-16-34)23-8-5-6-9-24(23)33-30(39)41-31/h2-3,5-6,8-9,11-12,17,21H,4,7,10,13-16,18-19H2,1H3,(H,32,36)(H,33,39)/b3-2+. The van der Waals surface area contributed by atoms with Crippen LogP contribution in [-0.4, -0.2) is 54.8 Å². The van der Waals surface area contributed by atoms with Gasteiger partial charge >= 0.3 is 12.1 Å². The zero-order chi connectivity index (χ0) is 29.0. The lowest BCUT2D eigenvalue weighted by Crippen LogP contribution is -2.51. The number of hydrogen-bond donors (Lipinski definition) is 2. The van der Waals surface area contributed by atoms with E-state index in [1.54, 1.807) is 23.1 Å². The van der Waals surface area contributed by atoms with Gasteiger partial charge < -0.3 is 19.7 Å². The van der Waals surface area contributed by atoms with Gasteiger partial charge in [0, 0.05) is 55.8 Å². The molecular weight excluding hydrogens is 526 g/mol. The molecule has 3 amide bonds. The molecule has 41 heavy (non-hydrogen) atoms. The number of rotatable bonds is 3. The Bertz CT molecular complexity index is 1410. The van der Waals surface area contributed by atoms with E-state index >= 15 is 0 Å². The van der Waals surface area contributed by atoms with Gasteiger partial charge in [0.05, 0.1) is 24.9 Å². The molecule has 5 rings (SSSR count). The van der Waals surface area contributed by atoms with E-state index < -0.39 is 23.6 Å². The Kier molecular flexibility index (Phi) is 8.19. The summed E-state index contributed by atoms with van der Waals surface area (Å²) in [7, 11) is 1.30. The molecule has 0 aromatic heterocycles. The number of carbonyl (C=O) groups is 5. The van der Waals surface area contributed by atoms with Crippen LogP contribution in [0, 0.1) is 5.92 Å². The van der Waals surface area contributed by atoms with E-state index in [9.17, 15) is 24.0 Å². The molecule has 0 radical (unpaired) electrons. The molecule has 3 aliphatic rings. The number of ketones is 1. The van der Waals surface area contributed by atoms with Crippen LogP contribution >= 0.6 is 0 Å². The largest absolute Gasteiger partial charge is 0.469 e. The summed E-state index contributed by atoms with van der Waals surface area (Å²) in [6.45, 7) is 0.775. The van der Waals surface area contributed by atoms with Crippen LogP contribution in [0.15, 0.2) is 54.6 Å². The molecule has 10 heteroatoms. The smallest absolute Gasteiger partial charge is 0.412 e. The van der Waals surface area contributed by atoms with Crippen molar-refractivity contribution in [3.8, 4) is 0 Å². The number of para-hydroxylation sites is 1. The first-order valence-corrected chi connectivity index (χ1v) is 13.8. The second-order valence-electron chi connectivity index (χ2n) is 10.6. The van der Waals surface area contributed by atoms with Gasteiger partial charge in [-0.25, -0.2) is 4.79 Å². The van der Waals surface area contributed by atoms with Gasteiger partial charge in [0.15, 0.2) is 5.78 Å². The van der Waals surface area contributed by atoms with E-state index in [0.717, 1.165) is 11.3 Å². The van der Waals surface area contributed by atoms with Gasteiger partial charge in [0.1, 0.15) is 5.60 Å². The second-order valence-corrected chi connectivity index (χ2v) is 10.6. The topological polar surface area (TPSA) is 131 Å². The molecule has 0 bridgehead atoms. The fourth-order valence-electron chi connectivity index (χ4n) is 5.77. The third-order valence-electron chi connectivity index (χ3n) is 7.97. The first kappa shape index (κ1) is 28.1. The lowest BCUT2D eigenvalue weighted by molar-refractivity contribution is -0.140. The molecule has 2 aromatic carbocycles. The van der Waals surface area contributed by atoms with E-state index in [1.165, 1.54) is 7.11 Å². The zero-order valence-electron chi connectivity index (χ0n) is 22.9. The van der Waals surface area contributed by atoms with Crippen LogP contribution in [0.1, 0.15) is 60.0 Å². The highest BCUT2D eigenvalue weighted by molar-refractivity contribution is 6.06. The summed E-state index contributed by atoms with van der Waals surface area (Å²) in [5.41, 5.74) is 2.05. The van der Waals surface area contributed by atoms with Crippen molar-refractivity contribution in [2.24, 2.45) is 5.92 Å². The Labute approximate surface area is 238 Å². The predicted octanol–water partition coefficient (Wildman–Crippen LogP) is 4.35. The van der Waals surface area contributed by atoms with Crippen molar-refractivity contribution in [3.63, 3.8) is 0 Å². The highest BCUT2D eigenvalue weighted by Gasteiger charge is 2.45. The van der Waals surface area contributed by atoms with Crippen molar-refractivity contribution >= 4 is 41.0 Å². The van der Waals surface area contributed by atoms with E-state index in [0.29, 0.717) is 55.6 Å². The minimum Gasteiger partial charge on any atom is -0.469 e.